The summed E-state index contributed by atoms with van der Waals surface area (Å²) >= 11 is 0. The summed E-state index contributed by atoms with van der Waals surface area (Å²) in [5, 5.41) is 32.4. The SMILES string of the molecule is CC(CN(O)O)N(O)O. The molecule has 0 heterocycles. The van der Waals surface area contributed by atoms with Crippen LogP contribution in [0.5, 0.6) is 0 Å². The van der Waals surface area contributed by atoms with Gasteiger partial charge in [0, 0.05) is 0 Å². The molecule has 1 atom stereocenters. The topological polar surface area (TPSA) is 87.4 Å². The quantitative estimate of drug-likeness (QED) is 0.394. The number of hydrogen-bond acceptors (Lipinski definition) is 6. The molecule has 6 heteroatoms. The highest BCUT2D eigenvalue weighted by Crippen LogP contribution is 1.90. The van der Waals surface area contributed by atoms with Crippen LogP contribution >= 0.6 is 0 Å². The molecule has 0 aliphatic carbocycles. The maximum atomic E-state index is 8.21. The van der Waals surface area contributed by atoms with Crippen LogP contribution in [0.2, 0.25) is 0 Å². The Hall–Kier alpha value is -0.240. The van der Waals surface area contributed by atoms with E-state index in [1.807, 2.05) is 0 Å². The van der Waals surface area contributed by atoms with E-state index in [9.17, 15) is 0 Å². The van der Waals surface area contributed by atoms with Gasteiger partial charge in [-0.1, -0.05) is 10.5 Å². The van der Waals surface area contributed by atoms with Crippen molar-refractivity contribution in [3.63, 3.8) is 0 Å². The highest BCUT2D eigenvalue weighted by Gasteiger charge is 2.10. The van der Waals surface area contributed by atoms with E-state index in [1.165, 1.54) is 6.92 Å². The maximum Gasteiger partial charge on any atom is 0.0770 e. The first-order valence-corrected chi connectivity index (χ1v) is 2.36. The lowest BCUT2D eigenvalue weighted by Gasteiger charge is -2.16. The second kappa shape index (κ2) is 3.72. The van der Waals surface area contributed by atoms with Gasteiger partial charge in [0.05, 0.1) is 12.6 Å². The van der Waals surface area contributed by atoms with E-state index in [4.69, 9.17) is 20.8 Å². The van der Waals surface area contributed by atoms with Gasteiger partial charge in [0.15, 0.2) is 0 Å². The van der Waals surface area contributed by atoms with Gasteiger partial charge >= 0.3 is 0 Å². The van der Waals surface area contributed by atoms with Crippen molar-refractivity contribution in [2.75, 3.05) is 6.54 Å². The van der Waals surface area contributed by atoms with Gasteiger partial charge in [0.2, 0.25) is 0 Å². The van der Waals surface area contributed by atoms with Crippen molar-refractivity contribution in [3.05, 3.63) is 0 Å². The van der Waals surface area contributed by atoms with Crippen LogP contribution in [0.15, 0.2) is 0 Å². The monoisotopic (exact) mass is 138 g/mol. The number of rotatable bonds is 3. The average Bonchev–Trinajstić information content (AvgIpc) is 1.63. The van der Waals surface area contributed by atoms with Crippen LogP contribution in [0.25, 0.3) is 0 Å². The lowest BCUT2D eigenvalue weighted by atomic mass is 10.4. The molecule has 0 amide bonds. The Labute approximate surface area is 52.0 Å². The molecule has 0 saturated heterocycles. The molecule has 9 heavy (non-hydrogen) atoms. The van der Waals surface area contributed by atoms with Crippen LogP contribution in [0.3, 0.4) is 0 Å². The molecule has 56 valence electrons. The Balaban J connectivity index is 3.38. The molecule has 1 unspecified atom stereocenters. The third-order valence-electron chi connectivity index (χ3n) is 0.822. The first kappa shape index (κ1) is 8.76. The fraction of sp³-hybridized carbons (Fsp3) is 1.00. The van der Waals surface area contributed by atoms with Gasteiger partial charge in [-0.25, -0.2) is 0 Å². The molecule has 0 aromatic rings. The van der Waals surface area contributed by atoms with Crippen molar-refractivity contribution in [3.8, 4) is 0 Å². The van der Waals surface area contributed by atoms with Crippen molar-refractivity contribution >= 4 is 0 Å². The fourth-order valence-electron chi connectivity index (χ4n) is 0.309. The molecule has 6 nitrogen and oxygen atoms in total. The van der Waals surface area contributed by atoms with E-state index in [-0.39, 0.29) is 17.0 Å². The summed E-state index contributed by atoms with van der Waals surface area (Å²) < 4.78 is 0. The van der Waals surface area contributed by atoms with E-state index >= 15 is 0 Å². The second-order valence-corrected chi connectivity index (χ2v) is 1.72. The van der Waals surface area contributed by atoms with Crippen molar-refractivity contribution < 1.29 is 20.8 Å². The van der Waals surface area contributed by atoms with Crippen LogP contribution in [0, 0.1) is 0 Å². The molecule has 0 aliphatic heterocycles. The minimum atomic E-state index is -0.736. The largest absolute Gasteiger partial charge is 0.290 e. The van der Waals surface area contributed by atoms with Gasteiger partial charge in [-0.15, -0.1) is 0 Å². The highest BCUT2D eigenvalue weighted by molar-refractivity contribution is 4.50. The molecule has 0 aromatic carbocycles. The van der Waals surface area contributed by atoms with Crippen molar-refractivity contribution in [1.82, 2.24) is 10.5 Å². The number of hydroxylamine groups is 4. The third-order valence-corrected chi connectivity index (χ3v) is 0.822. The van der Waals surface area contributed by atoms with E-state index in [1.54, 1.807) is 0 Å². The van der Waals surface area contributed by atoms with Crippen LogP contribution in [-0.2, 0) is 0 Å². The van der Waals surface area contributed by atoms with Gasteiger partial charge in [-0.05, 0) is 6.92 Å². The van der Waals surface area contributed by atoms with Gasteiger partial charge in [-0.3, -0.25) is 20.8 Å². The molecule has 4 N–H and O–H groups in total. The first-order valence-electron chi connectivity index (χ1n) is 2.36. The minimum absolute atomic E-state index is 0.0978. The smallest absolute Gasteiger partial charge is 0.0770 e. The Morgan fingerprint density at radius 3 is 1.78 bits per heavy atom. The van der Waals surface area contributed by atoms with Gasteiger partial charge < -0.3 is 0 Å². The molecular formula is C3H10N2O4. The van der Waals surface area contributed by atoms with E-state index < -0.39 is 6.04 Å². The molecule has 0 saturated carbocycles. The number of hydrogen-bond donors (Lipinski definition) is 4. The molecule has 0 spiro atoms. The zero-order valence-corrected chi connectivity index (χ0v) is 4.97. The maximum absolute atomic E-state index is 8.21. The van der Waals surface area contributed by atoms with Crippen LogP contribution in [0.1, 0.15) is 6.92 Å². The predicted octanol–water partition coefficient (Wildman–Crippen LogP) is -0.464. The molecular weight excluding hydrogens is 128 g/mol. The van der Waals surface area contributed by atoms with Gasteiger partial charge in [0.25, 0.3) is 0 Å². The summed E-state index contributed by atoms with van der Waals surface area (Å²) in [4.78, 5) is 0. The second-order valence-electron chi connectivity index (χ2n) is 1.72. The molecule has 0 fully saturated rings. The summed E-state index contributed by atoms with van der Waals surface area (Å²) in [7, 11) is 0. The van der Waals surface area contributed by atoms with E-state index in [2.05, 4.69) is 0 Å². The molecule has 0 rings (SSSR count). The first-order chi connectivity index (χ1) is 4.04. The average molecular weight is 138 g/mol. The zero-order chi connectivity index (χ0) is 7.44. The van der Waals surface area contributed by atoms with Gasteiger partial charge in [0.1, 0.15) is 0 Å². The third kappa shape index (κ3) is 4.28. The van der Waals surface area contributed by atoms with E-state index in [0.29, 0.717) is 0 Å². The summed E-state index contributed by atoms with van der Waals surface area (Å²) in [5.74, 6) is 0. The summed E-state index contributed by atoms with van der Waals surface area (Å²) in [6.45, 7) is 1.15. The Morgan fingerprint density at radius 1 is 1.22 bits per heavy atom. The standard InChI is InChI=1S/C3H10N2O4/c1-3(5(8)9)2-4(6)7/h3,6-9H,2H2,1H3. The summed E-state index contributed by atoms with van der Waals surface area (Å²) in [5.41, 5.74) is 0. The van der Waals surface area contributed by atoms with Crippen LogP contribution in [-0.4, -0.2) is 43.9 Å². The Bertz CT molecular complexity index is 76.2. The Morgan fingerprint density at radius 2 is 1.67 bits per heavy atom. The van der Waals surface area contributed by atoms with Crippen molar-refractivity contribution in [2.45, 2.75) is 13.0 Å². The molecule has 0 aromatic heterocycles. The van der Waals surface area contributed by atoms with Crippen molar-refractivity contribution in [1.29, 1.82) is 0 Å². The molecule has 0 radical (unpaired) electrons. The van der Waals surface area contributed by atoms with Crippen LogP contribution < -0.4 is 0 Å². The summed E-state index contributed by atoms with van der Waals surface area (Å²) in [6, 6.07) is -0.736. The highest BCUT2D eigenvalue weighted by atomic mass is 16.8. The summed E-state index contributed by atoms with van der Waals surface area (Å²) in [6.07, 6.45) is 0. The van der Waals surface area contributed by atoms with Crippen LogP contribution in [0.4, 0.5) is 0 Å². The normalized spacial score (nSPS) is 15.0. The number of nitrogens with zero attached hydrogens (tertiary/aromatic N) is 2. The lowest BCUT2D eigenvalue weighted by Crippen LogP contribution is -2.36. The lowest BCUT2D eigenvalue weighted by molar-refractivity contribution is -0.364. The predicted molar refractivity (Wildman–Crippen MR) is 25.2 cm³/mol. The molecule has 0 bridgehead atoms. The zero-order valence-electron chi connectivity index (χ0n) is 4.97. The fourth-order valence-corrected chi connectivity index (χ4v) is 0.309. The minimum Gasteiger partial charge on any atom is -0.290 e. The van der Waals surface area contributed by atoms with Crippen molar-refractivity contribution in [2.24, 2.45) is 0 Å². The molecule has 0 aliphatic rings. The van der Waals surface area contributed by atoms with E-state index in [0.717, 1.165) is 0 Å². The van der Waals surface area contributed by atoms with Gasteiger partial charge in [-0.2, -0.15) is 0 Å². The Kier molecular flexibility index (Phi) is 3.62.